The Bertz CT molecular complexity index is 517. The van der Waals surface area contributed by atoms with Crippen LogP contribution in [-0.4, -0.2) is 28.2 Å². The molecular formula is C20H32O3. The van der Waals surface area contributed by atoms with E-state index < -0.39 is 12.2 Å². The number of fused-ring (bicyclic) bond motifs is 5. The van der Waals surface area contributed by atoms with Crippen molar-refractivity contribution >= 4 is 5.78 Å². The fraction of sp³-hybridized carbons (Fsp3) is 0.950. The lowest BCUT2D eigenvalue weighted by Gasteiger charge is -2.62. The highest BCUT2D eigenvalue weighted by molar-refractivity contribution is 5.87. The number of hydrogen-bond donors (Lipinski definition) is 2. The summed E-state index contributed by atoms with van der Waals surface area (Å²) in [6.45, 7) is 6.87. The number of carbonyl (C=O) groups excluding carboxylic acids is 1. The zero-order valence-corrected chi connectivity index (χ0v) is 14.8. The molecule has 23 heavy (non-hydrogen) atoms. The lowest BCUT2D eigenvalue weighted by atomic mass is 9.43. The van der Waals surface area contributed by atoms with Gasteiger partial charge < -0.3 is 10.2 Å². The number of carbonyl (C=O) groups is 1. The van der Waals surface area contributed by atoms with Crippen molar-refractivity contribution in [1.29, 1.82) is 0 Å². The zero-order valence-electron chi connectivity index (χ0n) is 14.8. The van der Waals surface area contributed by atoms with Crippen LogP contribution in [0.4, 0.5) is 0 Å². The van der Waals surface area contributed by atoms with Crippen LogP contribution in [-0.2, 0) is 4.79 Å². The van der Waals surface area contributed by atoms with Crippen LogP contribution in [0.25, 0.3) is 0 Å². The van der Waals surface area contributed by atoms with E-state index in [1.165, 1.54) is 0 Å². The van der Waals surface area contributed by atoms with Crippen LogP contribution in [0.3, 0.4) is 0 Å². The lowest BCUT2D eigenvalue weighted by molar-refractivity contribution is -0.190. The molecule has 4 aliphatic carbocycles. The zero-order chi connectivity index (χ0) is 16.6. The molecule has 0 amide bonds. The Kier molecular flexibility index (Phi) is 3.53. The Morgan fingerprint density at radius 2 is 1.78 bits per heavy atom. The van der Waals surface area contributed by atoms with Gasteiger partial charge >= 0.3 is 0 Å². The summed E-state index contributed by atoms with van der Waals surface area (Å²) in [4.78, 5) is 12.5. The van der Waals surface area contributed by atoms with Gasteiger partial charge in [-0.3, -0.25) is 4.79 Å². The largest absolute Gasteiger partial charge is 0.390 e. The number of hydrogen-bond acceptors (Lipinski definition) is 3. The molecule has 4 saturated carbocycles. The number of aliphatic hydroxyl groups is 2. The molecule has 9 atom stereocenters. The first-order valence-corrected chi connectivity index (χ1v) is 9.68. The Labute approximate surface area is 139 Å². The van der Waals surface area contributed by atoms with Gasteiger partial charge in [0, 0.05) is 11.8 Å². The molecule has 2 N–H and O–H groups in total. The Balaban J connectivity index is 1.70. The molecule has 0 spiro atoms. The molecule has 0 aromatic rings. The van der Waals surface area contributed by atoms with Crippen molar-refractivity contribution in [2.24, 2.45) is 40.4 Å². The smallest absolute Gasteiger partial charge is 0.139 e. The van der Waals surface area contributed by atoms with Crippen molar-refractivity contribution in [3.05, 3.63) is 0 Å². The molecule has 0 bridgehead atoms. The molecule has 0 aromatic carbocycles. The van der Waals surface area contributed by atoms with E-state index in [1.54, 1.807) is 0 Å². The first-order chi connectivity index (χ1) is 10.8. The first-order valence-electron chi connectivity index (χ1n) is 9.68. The van der Waals surface area contributed by atoms with Crippen molar-refractivity contribution in [3.63, 3.8) is 0 Å². The summed E-state index contributed by atoms with van der Waals surface area (Å²) in [6.07, 6.45) is 5.79. The summed E-state index contributed by atoms with van der Waals surface area (Å²) in [6, 6.07) is 0. The minimum atomic E-state index is -0.566. The normalized spacial score (nSPS) is 59.2. The Morgan fingerprint density at radius 1 is 1.04 bits per heavy atom. The molecular weight excluding hydrogens is 288 g/mol. The van der Waals surface area contributed by atoms with Gasteiger partial charge in [-0.1, -0.05) is 20.8 Å². The van der Waals surface area contributed by atoms with Gasteiger partial charge in [-0.05, 0) is 73.5 Å². The van der Waals surface area contributed by atoms with Gasteiger partial charge in [0.2, 0.25) is 0 Å². The van der Waals surface area contributed by atoms with Gasteiger partial charge in [0.25, 0.3) is 0 Å². The second kappa shape index (κ2) is 5.05. The fourth-order valence-electron chi connectivity index (χ4n) is 7.63. The van der Waals surface area contributed by atoms with E-state index in [2.05, 4.69) is 20.8 Å². The summed E-state index contributed by atoms with van der Waals surface area (Å²) in [5.74, 6) is 2.96. The van der Waals surface area contributed by atoms with Crippen LogP contribution in [0.1, 0.15) is 65.7 Å². The lowest BCUT2D eigenvalue weighted by Crippen LogP contribution is -2.60. The van der Waals surface area contributed by atoms with Crippen LogP contribution < -0.4 is 0 Å². The average molecular weight is 320 g/mol. The molecule has 0 saturated heterocycles. The molecule has 0 aromatic heterocycles. The van der Waals surface area contributed by atoms with Gasteiger partial charge in [-0.25, -0.2) is 0 Å². The molecule has 4 rings (SSSR count). The van der Waals surface area contributed by atoms with Gasteiger partial charge in [-0.15, -0.1) is 0 Å². The van der Waals surface area contributed by atoms with Crippen LogP contribution in [0.15, 0.2) is 0 Å². The average Bonchev–Trinajstić information content (AvgIpc) is 2.79. The third-order valence-electron chi connectivity index (χ3n) is 8.75. The predicted octanol–water partition coefficient (Wildman–Crippen LogP) is 3.18. The highest BCUT2D eigenvalue weighted by Gasteiger charge is 2.63. The quantitative estimate of drug-likeness (QED) is 0.721. The third kappa shape index (κ3) is 1.99. The second-order valence-electron chi connectivity index (χ2n) is 9.64. The highest BCUT2D eigenvalue weighted by Crippen LogP contribution is 2.66. The fourth-order valence-corrected chi connectivity index (χ4v) is 7.63. The van der Waals surface area contributed by atoms with Gasteiger partial charge in [0.05, 0.1) is 12.2 Å². The third-order valence-corrected chi connectivity index (χ3v) is 8.75. The summed E-state index contributed by atoms with van der Waals surface area (Å²) in [5, 5.41) is 20.9. The standard InChI is InChI=1S/C20H32O3/c1-11-10-12-13-4-5-16(22)19(13,2)8-6-14(12)20(3)9-7-15(21)18(23)17(11)20/h11-15,17-18,21,23H,4-10H2,1-3H3/t11?,12-,13-,14-,15-,17-,18?,19-,20+/m0/s1. The van der Waals surface area contributed by atoms with Gasteiger partial charge in [-0.2, -0.15) is 0 Å². The van der Waals surface area contributed by atoms with E-state index in [9.17, 15) is 15.0 Å². The summed E-state index contributed by atoms with van der Waals surface area (Å²) in [5.41, 5.74) is 0.0603. The van der Waals surface area contributed by atoms with Gasteiger partial charge in [0.1, 0.15) is 5.78 Å². The molecule has 0 aliphatic heterocycles. The van der Waals surface area contributed by atoms with Gasteiger partial charge in [0.15, 0.2) is 0 Å². The van der Waals surface area contributed by atoms with Crippen LogP contribution in [0.2, 0.25) is 0 Å². The van der Waals surface area contributed by atoms with E-state index in [0.29, 0.717) is 29.5 Å². The molecule has 0 heterocycles. The highest BCUT2D eigenvalue weighted by atomic mass is 16.3. The molecule has 4 fully saturated rings. The maximum atomic E-state index is 12.5. The van der Waals surface area contributed by atoms with E-state index in [-0.39, 0.29) is 16.7 Å². The van der Waals surface area contributed by atoms with E-state index >= 15 is 0 Å². The number of aliphatic hydroxyl groups excluding tert-OH is 2. The van der Waals surface area contributed by atoms with Crippen molar-refractivity contribution < 1.29 is 15.0 Å². The molecule has 0 radical (unpaired) electrons. The second-order valence-corrected chi connectivity index (χ2v) is 9.64. The van der Waals surface area contributed by atoms with E-state index in [0.717, 1.165) is 44.9 Å². The number of ketones is 1. The van der Waals surface area contributed by atoms with Crippen molar-refractivity contribution in [2.75, 3.05) is 0 Å². The van der Waals surface area contributed by atoms with E-state index in [1.807, 2.05) is 0 Å². The monoisotopic (exact) mass is 320 g/mol. The Hall–Kier alpha value is -0.410. The minimum absolute atomic E-state index is 0.0725. The maximum Gasteiger partial charge on any atom is 0.139 e. The Morgan fingerprint density at radius 3 is 2.52 bits per heavy atom. The first kappa shape index (κ1) is 16.1. The van der Waals surface area contributed by atoms with Crippen LogP contribution in [0.5, 0.6) is 0 Å². The van der Waals surface area contributed by atoms with Crippen molar-refractivity contribution in [1.82, 2.24) is 0 Å². The SMILES string of the molecule is CC1C[C@@H]2[C@H](CC[C@]3(C)C(=O)CC[C@@H]23)[C@@]2(C)CC[C@H](O)C(O)[C@H]12. The maximum absolute atomic E-state index is 12.5. The molecule has 2 unspecified atom stereocenters. The minimum Gasteiger partial charge on any atom is -0.390 e. The summed E-state index contributed by atoms with van der Waals surface area (Å²) < 4.78 is 0. The van der Waals surface area contributed by atoms with Crippen LogP contribution in [0, 0.1) is 40.4 Å². The number of rotatable bonds is 0. The predicted molar refractivity (Wildman–Crippen MR) is 88.7 cm³/mol. The van der Waals surface area contributed by atoms with Crippen molar-refractivity contribution in [2.45, 2.75) is 77.9 Å². The van der Waals surface area contributed by atoms with Crippen molar-refractivity contribution in [3.8, 4) is 0 Å². The summed E-state index contributed by atoms with van der Waals surface area (Å²) in [7, 11) is 0. The number of Topliss-reactive ketones (excluding diaryl/α,β-unsaturated/α-hetero) is 1. The summed E-state index contributed by atoms with van der Waals surface area (Å²) >= 11 is 0. The van der Waals surface area contributed by atoms with E-state index in [4.69, 9.17) is 0 Å². The molecule has 3 nitrogen and oxygen atoms in total. The van der Waals surface area contributed by atoms with Crippen LogP contribution >= 0.6 is 0 Å². The molecule has 130 valence electrons. The molecule has 3 heteroatoms. The molecule has 4 aliphatic rings. The topological polar surface area (TPSA) is 57.5 Å².